The average molecular weight is 266 g/mol. The summed E-state index contributed by atoms with van der Waals surface area (Å²) < 4.78 is 0. The van der Waals surface area contributed by atoms with Gasteiger partial charge in [-0.05, 0) is 29.8 Å². The summed E-state index contributed by atoms with van der Waals surface area (Å²) in [5.74, 6) is -0.0588. The fraction of sp³-hybridized carbons (Fsp3) is 0.118. The molecule has 0 bridgehead atoms. The van der Waals surface area contributed by atoms with Crippen LogP contribution in [0.15, 0.2) is 60.7 Å². The van der Waals surface area contributed by atoms with Gasteiger partial charge in [-0.3, -0.25) is 4.79 Å². The number of carbonyl (C=O) groups is 1. The third-order valence-corrected chi connectivity index (χ3v) is 2.74. The zero-order valence-corrected chi connectivity index (χ0v) is 11.5. The fourth-order valence-electron chi connectivity index (χ4n) is 1.81. The number of amides is 1. The van der Waals surface area contributed by atoms with Crippen molar-refractivity contribution in [2.75, 3.05) is 17.2 Å². The lowest BCUT2D eigenvalue weighted by atomic mass is 10.2. The highest BCUT2D eigenvalue weighted by Crippen LogP contribution is 2.13. The molecule has 0 fully saturated rings. The highest BCUT2D eigenvalue weighted by Gasteiger charge is 1.95. The van der Waals surface area contributed by atoms with E-state index < -0.39 is 0 Å². The molecule has 0 spiro atoms. The van der Waals surface area contributed by atoms with Gasteiger partial charge < -0.3 is 10.6 Å². The van der Waals surface area contributed by atoms with Gasteiger partial charge in [-0.2, -0.15) is 0 Å². The maximum absolute atomic E-state index is 10.9. The van der Waals surface area contributed by atoms with Gasteiger partial charge in [0.25, 0.3) is 0 Å². The molecule has 1 amide bonds. The first-order valence-corrected chi connectivity index (χ1v) is 6.57. The van der Waals surface area contributed by atoms with Crippen molar-refractivity contribution in [1.82, 2.24) is 0 Å². The second kappa shape index (κ2) is 7.14. The first-order valence-electron chi connectivity index (χ1n) is 6.57. The van der Waals surface area contributed by atoms with Crippen LogP contribution < -0.4 is 10.6 Å². The Balaban J connectivity index is 1.82. The number of carbonyl (C=O) groups excluding carboxylic acids is 1. The van der Waals surface area contributed by atoms with Crippen LogP contribution in [0.5, 0.6) is 0 Å². The van der Waals surface area contributed by atoms with Crippen LogP contribution in [0.1, 0.15) is 12.5 Å². The van der Waals surface area contributed by atoms with Gasteiger partial charge in [0, 0.05) is 24.8 Å². The molecule has 2 aromatic rings. The topological polar surface area (TPSA) is 41.1 Å². The number of nitrogens with one attached hydrogen (secondary N) is 2. The number of benzene rings is 2. The van der Waals surface area contributed by atoms with Crippen LogP contribution in [-0.2, 0) is 4.79 Å². The van der Waals surface area contributed by atoms with Gasteiger partial charge in [0.1, 0.15) is 0 Å². The Labute approximate surface area is 119 Å². The smallest absolute Gasteiger partial charge is 0.221 e. The molecule has 3 nitrogen and oxygen atoms in total. The molecule has 0 unspecified atom stereocenters. The molecular formula is C17H18N2O. The van der Waals surface area contributed by atoms with Crippen molar-refractivity contribution >= 4 is 23.4 Å². The zero-order valence-electron chi connectivity index (χ0n) is 11.5. The molecular weight excluding hydrogens is 248 g/mol. The number of rotatable bonds is 5. The van der Waals surface area contributed by atoms with E-state index in [1.807, 2.05) is 42.5 Å². The lowest BCUT2D eigenvalue weighted by Gasteiger charge is -2.05. The number of hydrogen-bond acceptors (Lipinski definition) is 2. The maximum Gasteiger partial charge on any atom is 0.221 e. The van der Waals surface area contributed by atoms with Crippen LogP contribution in [-0.4, -0.2) is 12.5 Å². The van der Waals surface area contributed by atoms with Crippen LogP contribution in [0.25, 0.3) is 6.08 Å². The van der Waals surface area contributed by atoms with Gasteiger partial charge >= 0.3 is 0 Å². The Hall–Kier alpha value is -2.55. The quantitative estimate of drug-likeness (QED) is 0.865. The summed E-state index contributed by atoms with van der Waals surface area (Å²) in [6, 6.07) is 17.8. The molecule has 0 heterocycles. The zero-order chi connectivity index (χ0) is 14.2. The van der Waals surface area contributed by atoms with Crippen molar-refractivity contribution in [2.24, 2.45) is 0 Å². The minimum absolute atomic E-state index is 0.0588. The van der Waals surface area contributed by atoms with Crippen LogP contribution in [0.2, 0.25) is 0 Å². The van der Waals surface area contributed by atoms with Gasteiger partial charge in [-0.15, -0.1) is 0 Å². The normalized spacial score (nSPS) is 10.4. The molecule has 0 saturated carbocycles. The summed E-state index contributed by atoms with van der Waals surface area (Å²) in [6.45, 7) is 2.26. The molecule has 0 aliphatic heterocycles. The van der Waals surface area contributed by atoms with E-state index in [2.05, 4.69) is 34.9 Å². The second-order valence-electron chi connectivity index (χ2n) is 4.45. The van der Waals surface area contributed by atoms with E-state index in [0.29, 0.717) is 0 Å². The fourth-order valence-corrected chi connectivity index (χ4v) is 1.81. The molecule has 0 aliphatic carbocycles. The molecule has 0 saturated heterocycles. The summed E-state index contributed by atoms with van der Waals surface area (Å²) in [5, 5.41) is 6.04. The Morgan fingerprint density at radius 3 is 2.30 bits per heavy atom. The van der Waals surface area contributed by atoms with E-state index in [1.165, 1.54) is 12.5 Å². The van der Waals surface area contributed by atoms with E-state index in [9.17, 15) is 4.79 Å². The van der Waals surface area contributed by atoms with Gasteiger partial charge in [-0.25, -0.2) is 0 Å². The molecule has 0 radical (unpaired) electrons. The highest BCUT2D eigenvalue weighted by atomic mass is 16.1. The molecule has 20 heavy (non-hydrogen) atoms. The molecule has 0 aromatic heterocycles. The van der Waals surface area contributed by atoms with Crippen LogP contribution in [0.3, 0.4) is 0 Å². The lowest BCUT2D eigenvalue weighted by Crippen LogP contribution is -2.05. The monoisotopic (exact) mass is 266 g/mol. The van der Waals surface area contributed by atoms with Gasteiger partial charge in [-0.1, -0.05) is 42.5 Å². The SMILES string of the molecule is CC(=O)Nc1ccc(NCC=Cc2ccccc2)cc1. The van der Waals surface area contributed by atoms with Crippen molar-refractivity contribution in [3.8, 4) is 0 Å². The minimum atomic E-state index is -0.0588. The van der Waals surface area contributed by atoms with E-state index in [-0.39, 0.29) is 5.91 Å². The summed E-state index contributed by atoms with van der Waals surface area (Å²) in [5.41, 5.74) is 3.02. The third kappa shape index (κ3) is 4.61. The van der Waals surface area contributed by atoms with E-state index in [0.717, 1.165) is 17.9 Å². The van der Waals surface area contributed by atoms with Crippen molar-refractivity contribution < 1.29 is 4.79 Å². The van der Waals surface area contributed by atoms with Crippen molar-refractivity contribution in [3.63, 3.8) is 0 Å². The van der Waals surface area contributed by atoms with Crippen molar-refractivity contribution in [3.05, 3.63) is 66.2 Å². The van der Waals surface area contributed by atoms with Crippen LogP contribution in [0, 0.1) is 0 Å². The van der Waals surface area contributed by atoms with Gasteiger partial charge in [0.05, 0.1) is 0 Å². The Kier molecular flexibility index (Phi) is 4.95. The van der Waals surface area contributed by atoms with Crippen molar-refractivity contribution in [1.29, 1.82) is 0 Å². The number of anilines is 2. The Morgan fingerprint density at radius 1 is 1.00 bits per heavy atom. The van der Waals surface area contributed by atoms with Gasteiger partial charge in [0.15, 0.2) is 0 Å². The highest BCUT2D eigenvalue weighted by molar-refractivity contribution is 5.88. The summed E-state index contributed by atoms with van der Waals surface area (Å²) >= 11 is 0. The third-order valence-electron chi connectivity index (χ3n) is 2.74. The van der Waals surface area contributed by atoms with E-state index >= 15 is 0 Å². The Morgan fingerprint density at radius 2 is 1.65 bits per heavy atom. The van der Waals surface area contributed by atoms with Crippen molar-refractivity contribution in [2.45, 2.75) is 6.92 Å². The molecule has 0 atom stereocenters. The standard InChI is InChI=1S/C17H18N2O/c1-14(20)19-17-11-9-16(10-12-17)18-13-5-8-15-6-3-2-4-7-15/h2-12,18H,13H2,1H3,(H,19,20). The molecule has 2 aromatic carbocycles. The molecule has 3 heteroatoms. The molecule has 102 valence electrons. The maximum atomic E-state index is 10.9. The molecule has 2 N–H and O–H groups in total. The summed E-state index contributed by atoms with van der Waals surface area (Å²) in [4.78, 5) is 10.9. The summed E-state index contributed by atoms with van der Waals surface area (Å²) in [6.07, 6.45) is 4.16. The Bertz CT molecular complexity index is 574. The van der Waals surface area contributed by atoms with E-state index in [1.54, 1.807) is 0 Å². The van der Waals surface area contributed by atoms with Gasteiger partial charge in [0.2, 0.25) is 5.91 Å². The summed E-state index contributed by atoms with van der Waals surface area (Å²) in [7, 11) is 0. The molecule has 2 rings (SSSR count). The van der Waals surface area contributed by atoms with Crippen LogP contribution in [0.4, 0.5) is 11.4 Å². The second-order valence-corrected chi connectivity index (χ2v) is 4.45. The largest absolute Gasteiger partial charge is 0.382 e. The predicted molar refractivity (Wildman–Crippen MR) is 84.7 cm³/mol. The lowest BCUT2D eigenvalue weighted by molar-refractivity contribution is -0.114. The van der Waals surface area contributed by atoms with E-state index in [4.69, 9.17) is 0 Å². The van der Waals surface area contributed by atoms with Crippen LogP contribution >= 0.6 is 0 Å². The molecule has 0 aliphatic rings. The predicted octanol–water partition coefficient (Wildman–Crippen LogP) is 3.77. The first-order chi connectivity index (χ1) is 9.74. The first kappa shape index (κ1) is 13.9. The average Bonchev–Trinajstić information content (AvgIpc) is 2.46. The number of hydrogen-bond donors (Lipinski definition) is 2. The minimum Gasteiger partial charge on any atom is -0.382 e.